The summed E-state index contributed by atoms with van der Waals surface area (Å²) in [6.07, 6.45) is 1.70. The first-order chi connectivity index (χ1) is 10.0. The number of anilines is 1. The van der Waals surface area contributed by atoms with Crippen molar-refractivity contribution in [3.63, 3.8) is 0 Å². The zero-order chi connectivity index (χ0) is 15.4. The van der Waals surface area contributed by atoms with E-state index in [1.165, 1.54) is 12.1 Å². The molecule has 6 nitrogen and oxygen atoms in total. The Bertz CT molecular complexity index is 728. The number of aromatic nitrogens is 1. The van der Waals surface area contributed by atoms with Crippen LogP contribution in [0.15, 0.2) is 45.8 Å². The molecular formula is C14H14BrN3O3. The summed E-state index contributed by atoms with van der Waals surface area (Å²) in [5.74, 6) is 0. The summed E-state index contributed by atoms with van der Waals surface area (Å²) in [6.45, 7) is 2.77. The Morgan fingerprint density at radius 3 is 2.76 bits per heavy atom. The third kappa shape index (κ3) is 3.69. The first-order valence-electron chi connectivity index (χ1n) is 6.38. The summed E-state index contributed by atoms with van der Waals surface area (Å²) in [6, 6.07) is 8.08. The lowest BCUT2D eigenvalue weighted by Gasteiger charge is -2.09. The number of hydrogen-bond donors (Lipinski definition) is 1. The second-order valence-electron chi connectivity index (χ2n) is 4.43. The fraction of sp³-hybridized carbons (Fsp3) is 0.214. The lowest BCUT2D eigenvalue weighted by molar-refractivity contribution is -0.385. The molecule has 0 bridgehead atoms. The molecule has 1 N–H and O–H groups in total. The van der Waals surface area contributed by atoms with Gasteiger partial charge >= 0.3 is 0 Å². The number of benzene rings is 1. The summed E-state index contributed by atoms with van der Waals surface area (Å²) in [5.41, 5.74) is 1.31. The molecule has 2 aromatic rings. The number of pyridine rings is 1. The van der Waals surface area contributed by atoms with Crippen molar-refractivity contribution in [2.24, 2.45) is 0 Å². The van der Waals surface area contributed by atoms with E-state index in [2.05, 4.69) is 21.2 Å². The van der Waals surface area contributed by atoms with Gasteiger partial charge in [-0.15, -0.1) is 0 Å². The normalized spacial score (nSPS) is 10.4. The number of nitro groups is 1. The number of rotatable bonds is 5. The first-order valence-corrected chi connectivity index (χ1v) is 7.17. The van der Waals surface area contributed by atoms with Crippen LogP contribution < -0.4 is 10.9 Å². The maximum absolute atomic E-state index is 11.5. The minimum atomic E-state index is -0.408. The quantitative estimate of drug-likeness (QED) is 0.662. The average molecular weight is 352 g/mol. The topological polar surface area (TPSA) is 77.2 Å². The van der Waals surface area contributed by atoms with Crippen LogP contribution in [0, 0.1) is 10.1 Å². The molecule has 1 heterocycles. The smallest absolute Gasteiger partial charge is 0.275 e. The van der Waals surface area contributed by atoms with Crippen molar-refractivity contribution in [1.82, 2.24) is 4.57 Å². The molecule has 0 amide bonds. The second kappa shape index (κ2) is 6.53. The number of halogens is 1. The van der Waals surface area contributed by atoms with Crippen LogP contribution in [0.5, 0.6) is 0 Å². The minimum Gasteiger partial charge on any atom is -0.380 e. The average Bonchev–Trinajstić information content (AvgIpc) is 2.47. The van der Waals surface area contributed by atoms with Gasteiger partial charge in [-0.25, -0.2) is 0 Å². The Morgan fingerprint density at radius 1 is 1.33 bits per heavy atom. The van der Waals surface area contributed by atoms with Crippen LogP contribution in [0.3, 0.4) is 0 Å². The fourth-order valence-corrected chi connectivity index (χ4v) is 2.29. The number of nitrogens with one attached hydrogen (secondary N) is 1. The Morgan fingerprint density at radius 2 is 2.10 bits per heavy atom. The van der Waals surface area contributed by atoms with Gasteiger partial charge in [-0.2, -0.15) is 0 Å². The summed E-state index contributed by atoms with van der Waals surface area (Å²) < 4.78 is 2.23. The molecular weight excluding hydrogens is 338 g/mol. The highest BCUT2D eigenvalue weighted by atomic mass is 79.9. The van der Waals surface area contributed by atoms with Crippen LogP contribution in [-0.4, -0.2) is 9.49 Å². The zero-order valence-corrected chi connectivity index (χ0v) is 13.0. The third-order valence-corrected chi connectivity index (χ3v) is 3.54. The highest BCUT2D eigenvalue weighted by molar-refractivity contribution is 9.10. The molecule has 0 saturated heterocycles. The summed E-state index contributed by atoms with van der Waals surface area (Å²) >= 11 is 3.22. The van der Waals surface area contributed by atoms with E-state index in [4.69, 9.17) is 0 Å². The minimum absolute atomic E-state index is 0.0562. The molecule has 0 aliphatic heterocycles. The second-order valence-corrected chi connectivity index (χ2v) is 5.34. The Hall–Kier alpha value is -2.15. The molecule has 0 spiro atoms. The van der Waals surface area contributed by atoms with Crippen molar-refractivity contribution in [3.8, 4) is 0 Å². The Kier molecular flexibility index (Phi) is 4.74. The molecule has 1 aromatic heterocycles. The molecule has 0 aliphatic rings. The van der Waals surface area contributed by atoms with Gasteiger partial charge in [0, 0.05) is 41.5 Å². The largest absolute Gasteiger partial charge is 0.380 e. The molecule has 1 aromatic carbocycles. The zero-order valence-electron chi connectivity index (χ0n) is 11.4. The van der Waals surface area contributed by atoms with Crippen LogP contribution in [0.2, 0.25) is 0 Å². The maximum Gasteiger partial charge on any atom is 0.275 e. The van der Waals surface area contributed by atoms with Gasteiger partial charge in [-0.3, -0.25) is 14.9 Å². The van der Waals surface area contributed by atoms with Crippen molar-refractivity contribution < 1.29 is 4.92 Å². The fourth-order valence-electron chi connectivity index (χ4n) is 1.94. The van der Waals surface area contributed by atoms with Gasteiger partial charge in [0.15, 0.2) is 0 Å². The van der Waals surface area contributed by atoms with E-state index in [-0.39, 0.29) is 11.2 Å². The lowest BCUT2D eigenvalue weighted by atomic mass is 10.2. The van der Waals surface area contributed by atoms with E-state index in [0.29, 0.717) is 23.1 Å². The molecule has 0 atom stereocenters. The van der Waals surface area contributed by atoms with Gasteiger partial charge < -0.3 is 9.88 Å². The Balaban J connectivity index is 2.20. The van der Waals surface area contributed by atoms with Crippen molar-refractivity contribution in [1.29, 1.82) is 0 Å². The van der Waals surface area contributed by atoms with Crippen molar-refractivity contribution >= 4 is 27.3 Å². The monoisotopic (exact) mass is 351 g/mol. The molecule has 110 valence electrons. The summed E-state index contributed by atoms with van der Waals surface area (Å²) in [7, 11) is 0. The summed E-state index contributed by atoms with van der Waals surface area (Å²) in [5, 5.41) is 14.1. The van der Waals surface area contributed by atoms with Crippen LogP contribution in [-0.2, 0) is 13.1 Å². The van der Waals surface area contributed by atoms with E-state index < -0.39 is 4.92 Å². The lowest BCUT2D eigenvalue weighted by Crippen LogP contribution is -2.17. The van der Waals surface area contributed by atoms with Crippen molar-refractivity contribution in [2.45, 2.75) is 20.0 Å². The number of aryl methyl sites for hydroxylation is 1. The van der Waals surface area contributed by atoms with Crippen molar-refractivity contribution in [2.75, 3.05) is 5.32 Å². The molecule has 0 aliphatic carbocycles. The maximum atomic E-state index is 11.5. The van der Waals surface area contributed by atoms with Crippen molar-refractivity contribution in [3.05, 3.63) is 67.0 Å². The SMILES string of the molecule is CCn1cc(NCc2ccc(Br)cc2[N+](=O)[O-])ccc1=O. The van der Waals surface area contributed by atoms with Crippen LogP contribution >= 0.6 is 15.9 Å². The molecule has 0 radical (unpaired) electrons. The Labute approximate surface area is 129 Å². The van der Waals surface area contributed by atoms with Gasteiger partial charge in [-0.1, -0.05) is 15.9 Å². The standard InChI is InChI=1S/C14H14BrN3O3/c1-2-17-9-12(5-6-14(17)19)16-8-10-3-4-11(15)7-13(10)18(20)21/h3-7,9,16H,2,8H2,1H3. The van der Waals surface area contributed by atoms with E-state index in [0.717, 1.165) is 5.69 Å². The number of nitro benzene ring substituents is 1. The van der Waals surface area contributed by atoms with Crippen LogP contribution in [0.4, 0.5) is 11.4 Å². The molecule has 7 heteroatoms. The van der Waals surface area contributed by atoms with Gasteiger partial charge in [0.25, 0.3) is 11.2 Å². The predicted octanol–water partition coefficient (Wildman–Crippen LogP) is 3.15. The molecule has 0 saturated carbocycles. The van der Waals surface area contributed by atoms with Gasteiger partial charge in [-0.05, 0) is 25.1 Å². The van der Waals surface area contributed by atoms with Crippen LogP contribution in [0.25, 0.3) is 0 Å². The number of nitrogens with zero attached hydrogens (tertiary/aromatic N) is 2. The van der Waals surface area contributed by atoms with Gasteiger partial charge in [0.2, 0.25) is 0 Å². The highest BCUT2D eigenvalue weighted by Crippen LogP contribution is 2.24. The van der Waals surface area contributed by atoms with E-state index in [1.807, 2.05) is 6.92 Å². The molecule has 0 unspecified atom stereocenters. The van der Waals surface area contributed by atoms with E-state index >= 15 is 0 Å². The first kappa shape index (κ1) is 15.2. The van der Waals surface area contributed by atoms with Gasteiger partial charge in [0.1, 0.15) is 0 Å². The summed E-state index contributed by atoms with van der Waals surface area (Å²) in [4.78, 5) is 22.1. The highest BCUT2D eigenvalue weighted by Gasteiger charge is 2.13. The third-order valence-electron chi connectivity index (χ3n) is 3.05. The number of hydrogen-bond acceptors (Lipinski definition) is 4. The molecule has 21 heavy (non-hydrogen) atoms. The molecule has 0 fully saturated rings. The van der Waals surface area contributed by atoms with E-state index in [9.17, 15) is 14.9 Å². The molecule has 2 rings (SSSR count). The van der Waals surface area contributed by atoms with Gasteiger partial charge in [0.05, 0.1) is 10.6 Å². The van der Waals surface area contributed by atoms with E-state index in [1.54, 1.807) is 29.0 Å². The predicted molar refractivity (Wildman–Crippen MR) is 84.5 cm³/mol. The van der Waals surface area contributed by atoms with Crippen LogP contribution in [0.1, 0.15) is 12.5 Å².